The van der Waals surface area contributed by atoms with Crippen molar-refractivity contribution in [2.75, 3.05) is 19.7 Å². The van der Waals surface area contributed by atoms with Gasteiger partial charge in [0, 0.05) is 13.0 Å². The summed E-state index contributed by atoms with van der Waals surface area (Å²) in [6.07, 6.45) is 2.51. The average molecular weight is 143 g/mol. The van der Waals surface area contributed by atoms with Crippen LogP contribution in [0.25, 0.3) is 0 Å². The van der Waals surface area contributed by atoms with E-state index in [-0.39, 0.29) is 0 Å². The van der Waals surface area contributed by atoms with Gasteiger partial charge in [0.2, 0.25) is 0 Å². The highest BCUT2D eigenvalue weighted by Gasteiger charge is 2.40. The molecule has 10 heavy (non-hydrogen) atoms. The SMILES string of the molecule is C1CC2(CCO2)CN1.CC. The molecule has 1 spiro atoms. The zero-order valence-electron chi connectivity index (χ0n) is 6.94. The first-order valence-corrected chi connectivity index (χ1v) is 4.26. The van der Waals surface area contributed by atoms with Crippen molar-refractivity contribution in [3.63, 3.8) is 0 Å². The van der Waals surface area contributed by atoms with Gasteiger partial charge in [-0.05, 0) is 13.0 Å². The van der Waals surface area contributed by atoms with Crippen LogP contribution in [0.1, 0.15) is 26.7 Å². The van der Waals surface area contributed by atoms with Crippen LogP contribution >= 0.6 is 0 Å². The summed E-state index contributed by atoms with van der Waals surface area (Å²) >= 11 is 0. The lowest BCUT2D eigenvalue weighted by atomic mass is 9.94. The van der Waals surface area contributed by atoms with Gasteiger partial charge in [-0.25, -0.2) is 0 Å². The van der Waals surface area contributed by atoms with Crippen molar-refractivity contribution in [2.24, 2.45) is 0 Å². The Hall–Kier alpha value is -0.0800. The molecule has 2 nitrogen and oxygen atoms in total. The summed E-state index contributed by atoms with van der Waals surface area (Å²) in [5, 5.41) is 3.29. The highest BCUT2D eigenvalue weighted by molar-refractivity contribution is 4.94. The van der Waals surface area contributed by atoms with Crippen LogP contribution in [0.2, 0.25) is 0 Å². The summed E-state index contributed by atoms with van der Waals surface area (Å²) in [4.78, 5) is 0. The first kappa shape index (κ1) is 8.02. The van der Waals surface area contributed by atoms with E-state index in [1.807, 2.05) is 13.8 Å². The fourth-order valence-corrected chi connectivity index (χ4v) is 1.45. The molecule has 0 radical (unpaired) electrons. The van der Waals surface area contributed by atoms with Crippen LogP contribution in [-0.2, 0) is 4.74 Å². The first-order chi connectivity index (χ1) is 4.91. The van der Waals surface area contributed by atoms with Gasteiger partial charge in [-0.2, -0.15) is 0 Å². The van der Waals surface area contributed by atoms with Crippen molar-refractivity contribution in [3.8, 4) is 0 Å². The molecule has 60 valence electrons. The number of hydrogen-bond acceptors (Lipinski definition) is 2. The highest BCUT2D eigenvalue weighted by atomic mass is 16.5. The maximum absolute atomic E-state index is 5.42. The van der Waals surface area contributed by atoms with Gasteiger partial charge < -0.3 is 10.1 Å². The number of hydrogen-bond donors (Lipinski definition) is 1. The topological polar surface area (TPSA) is 21.3 Å². The monoisotopic (exact) mass is 143 g/mol. The van der Waals surface area contributed by atoms with Gasteiger partial charge in [0.25, 0.3) is 0 Å². The van der Waals surface area contributed by atoms with Gasteiger partial charge in [0.05, 0.1) is 12.2 Å². The van der Waals surface area contributed by atoms with E-state index in [1.54, 1.807) is 0 Å². The van der Waals surface area contributed by atoms with Gasteiger partial charge >= 0.3 is 0 Å². The van der Waals surface area contributed by atoms with Gasteiger partial charge in [-0.1, -0.05) is 13.8 Å². The Morgan fingerprint density at radius 3 is 2.20 bits per heavy atom. The third kappa shape index (κ3) is 1.32. The van der Waals surface area contributed by atoms with E-state index in [0.29, 0.717) is 5.60 Å². The average Bonchev–Trinajstić information content (AvgIpc) is 2.38. The van der Waals surface area contributed by atoms with E-state index in [1.165, 1.54) is 12.8 Å². The van der Waals surface area contributed by atoms with Crippen LogP contribution < -0.4 is 5.32 Å². The summed E-state index contributed by atoms with van der Waals surface area (Å²) < 4.78 is 5.42. The van der Waals surface area contributed by atoms with E-state index in [9.17, 15) is 0 Å². The molecule has 0 bridgehead atoms. The largest absolute Gasteiger partial charge is 0.373 e. The third-order valence-corrected chi connectivity index (χ3v) is 2.17. The lowest BCUT2D eigenvalue weighted by Gasteiger charge is -2.37. The Labute approximate surface area is 63.0 Å². The lowest BCUT2D eigenvalue weighted by molar-refractivity contribution is -0.131. The second-order valence-electron chi connectivity index (χ2n) is 2.71. The zero-order valence-corrected chi connectivity index (χ0v) is 6.94. The molecule has 2 heterocycles. The van der Waals surface area contributed by atoms with Crippen LogP contribution in [0.5, 0.6) is 0 Å². The molecule has 0 amide bonds. The molecular formula is C8H17NO. The molecule has 2 saturated heterocycles. The third-order valence-electron chi connectivity index (χ3n) is 2.17. The van der Waals surface area contributed by atoms with Gasteiger partial charge in [0.1, 0.15) is 0 Å². The standard InChI is InChI=1S/C6H11NO.C2H6/c1-3-7-5-6(1)2-4-8-6;1-2/h7H,1-5H2;1-2H3. The van der Waals surface area contributed by atoms with E-state index < -0.39 is 0 Å². The van der Waals surface area contributed by atoms with Crippen LogP contribution in [0.15, 0.2) is 0 Å². The molecule has 0 saturated carbocycles. The minimum Gasteiger partial charge on any atom is -0.373 e. The molecule has 2 heteroatoms. The van der Waals surface area contributed by atoms with Crippen molar-refractivity contribution in [2.45, 2.75) is 32.3 Å². The van der Waals surface area contributed by atoms with Crippen LogP contribution in [0.3, 0.4) is 0 Å². The van der Waals surface area contributed by atoms with Gasteiger partial charge in [-0.15, -0.1) is 0 Å². The fraction of sp³-hybridized carbons (Fsp3) is 1.00. The molecule has 1 atom stereocenters. The fourth-order valence-electron chi connectivity index (χ4n) is 1.45. The molecule has 0 aromatic carbocycles. The maximum atomic E-state index is 5.42. The van der Waals surface area contributed by atoms with Crippen molar-refractivity contribution >= 4 is 0 Å². The zero-order chi connectivity index (χ0) is 7.45. The van der Waals surface area contributed by atoms with Crippen molar-refractivity contribution in [1.82, 2.24) is 5.32 Å². The first-order valence-electron chi connectivity index (χ1n) is 4.26. The molecule has 0 aliphatic carbocycles. The Morgan fingerprint density at radius 1 is 1.30 bits per heavy atom. The normalized spacial score (nSPS) is 36.6. The van der Waals surface area contributed by atoms with Crippen LogP contribution in [-0.4, -0.2) is 25.3 Å². The molecule has 2 fully saturated rings. The molecule has 0 aromatic rings. The van der Waals surface area contributed by atoms with Crippen LogP contribution in [0.4, 0.5) is 0 Å². The van der Waals surface area contributed by atoms with Gasteiger partial charge in [0.15, 0.2) is 0 Å². The number of ether oxygens (including phenoxy) is 1. The summed E-state index contributed by atoms with van der Waals surface area (Å²) in [5.74, 6) is 0. The minimum absolute atomic E-state index is 0.306. The van der Waals surface area contributed by atoms with Crippen LogP contribution in [0, 0.1) is 0 Å². The Balaban J connectivity index is 0.000000231. The summed E-state index contributed by atoms with van der Waals surface area (Å²) in [5.41, 5.74) is 0.306. The molecule has 2 aliphatic heterocycles. The Bertz CT molecular complexity index is 91.4. The van der Waals surface area contributed by atoms with E-state index in [0.717, 1.165) is 19.7 Å². The second-order valence-corrected chi connectivity index (χ2v) is 2.71. The lowest BCUT2D eigenvalue weighted by Crippen LogP contribution is -2.45. The Morgan fingerprint density at radius 2 is 2.00 bits per heavy atom. The van der Waals surface area contributed by atoms with E-state index in [2.05, 4.69) is 5.32 Å². The molecule has 2 aliphatic rings. The molecule has 1 N–H and O–H groups in total. The highest BCUT2D eigenvalue weighted by Crippen LogP contribution is 2.31. The quantitative estimate of drug-likeness (QED) is 0.549. The maximum Gasteiger partial charge on any atom is 0.0840 e. The van der Waals surface area contributed by atoms with Crippen molar-refractivity contribution in [1.29, 1.82) is 0 Å². The molecular weight excluding hydrogens is 126 g/mol. The smallest absolute Gasteiger partial charge is 0.0840 e. The van der Waals surface area contributed by atoms with E-state index in [4.69, 9.17) is 4.74 Å². The molecule has 2 rings (SSSR count). The predicted molar refractivity (Wildman–Crippen MR) is 42.1 cm³/mol. The summed E-state index contributed by atoms with van der Waals surface area (Å²) in [6, 6.07) is 0. The van der Waals surface area contributed by atoms with Gasteiger partial charge in [-0.3, -0.25) is 0 Å². The second kappa shape index (κ2) is 3.35. The Kier molecular flexibility index (Phi) is 2.69. The summed E-state index contributed by atoms with van der Waals surface area (Å²) in [6.45, 7) is 7.23. The van der Waals surface area contributed by atoms with E-state index >= 15 is 0 Å². The molecule has 0 aromatic heterocycles. The minimum atomic E-state index is 0.306. The van der Waals surface area contributed by atoms with Crippen molar-refractivity contribution < 1.29 is 4.74 Å². The number of nitrogens with one attached hydrogen (secondary N) is 1. The van der Waals surface area contributed by atoms with Crippen molar-refractivity contribution in [3.05, 3.63) is 0 Å². The number of rotatable bonds is 0. The summed E-state index contributed by atoms with van der Waals surface area (Å²) in [7, 11) is 0. The predicted octanol–water partition coefficient (Wildman–Crippen LogP) is 1.16. The molecule has 1 unspecified atom stereocenters.